The van der Waals surface area contributed by atoms with Crippen molar-refractivity contribution in [1.82, 2.24) is 24.6 Å². The number of hydrogen-bond donors (Lipinski definition) is 1. The first kappa shape index (κ1) is 26.9. The number of fused-ring (bicyclic) bond motifs is 3. The fourth-order valence-electron chi connectivity index (χ4n) is 5.39. The maximum Gasteiger partial charge on any atom is 0.273 e. The predicted octanol–water partition coefficient (Wildman–Crippen LogP) is 5.07. The molecule has 2 amide bonds. The van der Waals surface area contributed by atoms with Gasteiger partial charge >= 0.3 is 0 Å². The fourth-order valence-corrected chi connectivity index (χ4v) is 5.55. The number of aliphatic hydroxyl groups is 1. The molecule has 0 spiro atoms. The number of carbonyl (C=O) groups is 2. The first-order valence-electron chi connectivity index (χ1n) is 13.0. The second kappa shape index (κ2) is 9.78. The van der Waals surface area contributed by atoms with Crippen molar-refractivity contribution in [3.05, 3.63) is 86.7 Å². The Labute approximate surface area is 232 Å². The van der Waals surface area contributed by atoms with Gasteiger partial charge in [-0.05, 0) is 52.3 Å². The van der Waals surface area contributed by atoms with Crippen molar-refractivity contribution in [1.29, 1.82) is 0 Å². The number of benzene rings is 1. The van der Waals surface area contributed by atoms with Crippen LogP contribution in [0.5, 0.6) is 0 Å². The molecule has 3 atom stereocenters. The number of amides is 2. The average molecular weight is 547 g/mol. The molecule has 3 aromatic rings. The molecule has 0 saturated heterocycles. The van der Waals surface area contributed by atoms with Gasteiger partial charge in [0.2, 0.25) is 5.69 Å². The highest BCUT2D eigenvalue weighted by Gasteiger charge is 2.40. The normalized spacial score (nSPS) is 19.8. The molecule has 0 bridgehead atoms. The Balaban J connectivity index is 1.45. The maximum atomic E-state index is 13.9. The van der Waals surface area contributed by atoms with Crippen LogP contribution in [0.1, 0.15) is 90.1 Å². The van der Waals surface area contributed by atoms with Crippen LogP contribution >= 0.6 is 11.6 Å². The summed E-state index contributed by atoms with van der Waals surface area (Å²) in [5.74, 6) is -0.348. The van der Waals surface area contributed by atoms with Crippen LogP contribution in [-0.2, 0) is 18.6 Å². The molecule has 1 aromatic carbocycles. The van der Waals surface area contributed by atoms with E-state index in [-0.39, 0.29) is 42.2 Å². The molecule has 5 rings (SSSR count). The third kappa shape index (κ3) is 4.68. The topological polar surface area (TPSA) is 95.9 Å². The maximum absolute atomic E-state index is 13.9. The van der Waals surface area contributed by atoms with Gasteiger partial charge in [-0.15, -0.1) is 0 Å². The van der Waals surface area contributed by atoms with Crippen molar-refractivity contribution in [3.63, 3.8) is 0 Å². The van der Waals surface area contributed by atoms with Crippen molar-refractivity contribution in [2.45, 2.75) is 71.3 Å². The van der Waals surface area contributed by atoms with E-state index in [1.54, 1.807) is 43.1 Å². The molecule has 0 fully saturated rings. The zero-order chi connectivity index (χ0) is 28.2. The molecule has 202 valence electrons. The smallest absolute Gasteiger partial charge is 0.273 e. The third-order valence-corrected chi connectivity index (χ3v) is 8.04. The number of pyridine rings is 1. The van der Waals surface area contributed by atoms with E-state index in [0.717, 1.165) is 16.8 Å². The fraction of sp³-hybridized carbons (Fsp3) is 0.414. The Morgan fingerprint density at radius 3 is 2.62 bits per heavy atom. The van der Waals surface area contributed by atoms with E-state index in [2.05, 4.69) is 9.83 Å². The van der Waals surface area contributed by atoms with E-state index in [0.29, 0.717) is 34.9 Å². The van der Waals surface area contributed by atoms with Gasteiger partial charge in [-0.3, -0.25) is 19.3 Å². The SMILES string of the molecule is [C-]#[N+]c1cc(C(=O)N2Cc3c(nn4c3C(=O)N([C@H](C)c3ccc(C(C)(C)O)nc3)C[C@H]4C)C[C@H]2C)ccc1Cl. The van der Waals surface area contributed by atoms with Gasteiger partial charge in [0.15, 0.2) is 0 Å². The molecular weight excluding hydrogens is 516 g/mol. The lowest BCUT2D eigenvalue weighted by Crippen LogP contribution is -2.45. The van der Waals surface area contributed by atoms with Crippen LogP contribution in [0.15, 0.2) is 36.5 Å². The summed E-state index contributed by atoms with van der Waals surface area (Å²) in [6, 6.07) is 7.97. The van der Waals surface area contributed by atoms with E-state index >= 15 is 0 Å². The molecule has 10 heteroatoms. The summed E-state index contributed by atoms with van der Waals surface area (Å²) in [6.45, 7) is 17.4. The van der Waals surface area contributed by atoms with E-state index in [1.807, 2.05) is 36.4 Å². The van der Waals surface area contributed by atoms with Crippen LogP contribution in [0.25, 0.3) is 4.85 Å². The van der Waals surface area contributed by atoms with Crippen LogP contribution in [-0.4, -0.2) is 54.1 Å². The molecular formula is C29H31ClN6O3. The molecule has 0 unspecified atom stereocenters. The zero-order valence-corrected chi connectivity index (χ0v) is 23.4. The van der Waals surface area contributed by atoms with Crippen LogP contribution in [0.3, 0.4) is 0 Å². The Hall–Kier alpha value is -3.74. The van der Waals surface area contributed by atoms with Gasteiger partial charge in [0.1, 0.15) is 11.3 Å². The van der Waals surface area contributed by atoms with Crippen molar-refractivity contribution in [3.8, 4) is 0 Å². The molecule has 0 radical (unpaired) electrons. The largest absolute Gasteiger partial charge is 0.384 e. The predicted molar refractivity (Wildman–Crippen MR) is 147 cm³/mol. The second-order valence-electron chi connectivity index (χ2n) is 11.0. The van der Waals surface area contributed by atoms with E-state index in [4.69, 9.17) is 23.3 Å². The first-order chi connectivity index (χ1) is 18.4. The summed E-state index contributed by atoms with van der Waals surface area (Å²) in [6.07, 6.45) is 2.24. The van der Waals surface area contributed by atoms with Gasteiger partial charge in [0.05, 0.1) is 36.6 Å². The minimum atomic E-state index is -1.05. The van der Waals surface area contributed by atoms with Crippen LogP contribution in [0.2, 0.25) is 5.02 Å². The van der Waals surface area contributed by atoms with Crippen molar-refractivity contribution in [2.75, 3.05) is 6.54 Å². The quantitative estimate of drug-likeness (QED) is 0.461. The Kier molecular flexibility index (Phi) is 6.73. The van der Waals surface area contributed by atoms with Crippen molar-refractivity contribution >= 4 is 29.1 Å². The number of carbonyl (C=O) groups excluding carboxylic acids is 2. The van der Waals surface area contributed by atoms with Crippen molar-refractivity contribution < 1.29 is 14.7 Å². The molecule has 2 aliphatic heterocycles. The molecule has 4 heterocycles. The lowest BCUT2D eigenvalue weighted by molar-refractivity contribution is 0.0572. The van der Waals surface area contributed by atoms with E-state index in [1.165, 1.54) is 6.07 Å². The minimum Gasteiger partial charge on any atom is -0.384 e. The van der Waals surface area contributed by atoms with Crippen LogP contribution in [0, 0.1) is 6.57 Å². The highest BCUT2D eigenvalue weighted by atomic mass is 35.5. The summed E-state index contributed by atoms with van der Waals surface area (Å²) in [5.41, 5.74) is 3.12. The van der Waals surface area contributed by atoms with Crippen LogP contribution < -0.4 is 0 Å². The van der Waals surface area contributed by atoms with Gasteiger partial charge in [-0.1, -0.05) is 29.8 Å². The summed E-state index contributed by atoms with van der Waals surface area (Å²) in [7, 11) is 0. The molecule has 2 aromatic heterocycles. The van der Waals surface area contributed by atoms with Gasteiger partial charge in [0, 0.05) is 41.4 Å². The Bertz CT molecular complexity index is 1500. The van der Waals surface area contributed by atoms with E-state index < -0.39 is 5.60 Å². The minimum absolute atomic E-state index is 0.0497. The zero-order valence-electron chi connectivity index (χ0n) is 22.6. The summed E-state index contributed by atoms with van der Waals surface area (Å²) in [5, 5.41) is 15.4. The van der Waals surface area contributed by atoms with Gasteiger partial charge in [0.25, 0.3) is 11.8 Å². The first-order valence-corrected chi connectivity index (χ1v) is 13.4. The monoisotopic (exact) mass is 546 g/mol. The Morgan fingerprint density at radius 1 is 1.23 bits per heavy atom. The lowest BCUT2D eigenvalue weighted by Gasteiger charge is -2.37. The second-order valence-corrected chi connectivity index (χ2v) is 11.4. The van der Waals surface area contributed by atoms with Gasteiger partial charge in [-0.2, -0.15) is 5.10 Å². The summed E-state index contributed by atoms with van der Waals surface area (Å²) < 4.78 is 1.81. The third-order valence-electron chi connectivity index (χ3n) is 7.72. The number of nitrogens with zero attached hydrogens (tertiary/aromatic N) is 6. The molecule has 1 N–H and O–H groups in total. The number of aromatic nitrogens is 3. The lowest BCUT2D eigenvalue weighted by atomic mass is 9.96. The van der Waals surface area contributed by atoms with Gasteiger partial charge < -0.3 is 14.9 Å². The standard InChI is InChI=1S/C29H31ClN6O3/c1-16-11-23-21(15-34(16)27(37)19-7-9-22(30)24(12-19)31-6)26-28(38)35(14-17(2)36(26)33-23)18(3)20-8-10-25(32-13-20)29(4,5)39/h7-10,12-13,16-18,39H,11,14-15H2,1-5H3/t16-,17-,18-/m1/s1. The highest BCUT2D eigenvalue weighted by Crippen LogP contribution is 2.36. The van der Waals surface area contributed by atoms with Crippen LogP contribution in [0.4, 0.5) is 5.69 Å². The molecule has 9 nitrogen and oxygen atoms in total. The number of hydrogen-bond acceptors (Lipinski definition) is 5. The molecule has 0 aliphatic carbocycles. The highest BCUT2D eigenvalue weighted by molar-refractivity contribution is 6.33. The summed E-state index contributed by atoms with van der Waals surface area (Å²) in [4.78, 5) is 38.9. The number of rotatable bonds is 4. The summed E-state index contributed by atoms with van der Waals surface area (Å²) >= 11 is 6.08. The average Bonchev–Trinajstić information content (AvgIpc) is 3.28. The molecule has 0 saturated carbocycles. The van der Waals surface area contributed by atoms with Gasteiger partial charge in [-0.25, -0.2) is 4.85 Å². The molecule has 2 aliphatic rings. The van der Waals surface area contributed by atoms with Crippen molar-refractivity contribution in [2.24, 2.45) is 0 Å². The van der Waals surface area contributed by atoms with E-state index in [9.17, 15) is 14.7 Å². The number of halogens is 1. The Morgan fingerprint density at radius 2 is 1.97 bits per heavy atom. The molecule has 39 heavy (non-hydrogen) atoms.